The number of aliphatic hydroxyl groups excluding tert-OH is 1. The van der Waals surface area contributed by atoms with Gasteiger partial charge in [-0.15, -0.1) is 0 Å². The summed E-state index contributed by atoms with van der Waals surface area (Å²) in [5, 5.41) is 10.8. The maximum Gasteiger partial charge on any atom is 0.0651 e. The van der Waals surface area contributed by atoms with Gasteiger partial charge in [0.15, 0.2) is 0 Å². The Labute approximate surface area is 113 Å². The summed E-state index contributed by atoms with van der Waals surface area (Å²) in [5.74, 6) is 0. The first kappa shape index (κ1) is 12.5. The number of nitrogens with zero attached hydrogens (tertiary/aromatic N) is 1. The Morgan fingerprint density at radius 1 is 1.37 bits per heavy atom. The normalized spacial score (nSPS) is 17.4. The number of rotatable bonds is 4. The van der Waals surface area contributed by atoms with Crippen molar-refractivity contribution in [2.45, 2.75) is 6.92 Å². The van der Waals surface area contributed by atoms with E-state index in [1.807, 2.05) is 6.07 Å². The fourth-order valence-corrected chi connectivity index (χ4v) is 2.96. The van der Waals surface area contributed by atoms with Gasteiger partial charge in [0.05, 0.1) is 30.9 Å². The molecule has 1 aliphatic heterocycles. The van der Waals surface area contributed by atoms with Crippen molar-refractivity contribution in [1.82, 2.24) is 4.98 Å². The number of benzene rings is 1. The summed E-state index contributed by atoms with van der Waals surface area (Å²) in [6.45, 7) is 4.38. The van der Waals surface area contributed by atoms with Crippen molar-refractivity contribution in [2.24, 2.45) is 5.41 Å². The van der Waals surface area contributed by atoms with Crippen LogP contribution in [0.4, 0.5) is 5.69 Å². The number of hydrogen-bond acceptors (Lipinski definition) is 3. The highest BCUT2D eigenvalue weighted by atomic mass is 16.5. The number of nitrogens with one attached hydrogen (secondary N) is 1. The molecule has 102 valence electrons. The first-order valence-corrected chi connectivity index (χ1v) is 6.62. The van der Waals surface area contributed by atoms with Gasteiger partial charge in [0.2, 0.25) is 0 Å². The van der Waals surface area contributed by atoms with Crippen molar-refractivity contribution < 1.29 is 9.84 Å². The van der Waals surface area contributed by atoms with Gasteiger partial charge in [-0.25, -0.2) is 0 Å². The van der Waals surface area contributed by atoms with E-state index in [9.17, 15) is 5.11 Å². The Balaban J connectivity index is 1.93. The Kier molecular flexibility index (Phi) is 2.99. The molecule has 3 rings (SSSR count). The summed E-state index contributed by atoms with van der Waals surface area (Å²) in [6, 6.07) is 8.32. The molecular formula is C15H20N2O2. The van der Waals surface area contributed by atoms with Crippen LogP contribution in [-0.4, -0.2) is 43.5 Å². The van der Waals surface area contributed by atoms with E-state index in [0.29, 0.717) is 13.2 Å². The molecule has 1 aromatic carbocycles. The quantitative estimate of drug-likeness (QED) is 0.883. The van der Waals surface area contributed by atoms with E-state index < -0.39 is 0 Å². The predicted octanol–water partition coefficient (Wildman–Crippen LogP) is 1.92. The first-order chi connectivity index (χ1) is 9.15. The summed E-state index contributed by atoms with van der Waals surface area (Å²) in [6.07, 6.45) is 0. The van der Waals surface area contributed by atoms with Crippen molar-refractivity contribution in [1.29, 1.82) is 0 Å². The number of hydrogen-bond donors (Lipinski definition) is 2. The zero-order valence-corrected chi connectivity index (χ0v) is 11.4. The minimum Gasteiger partial charge on any atom is -0.396 e. The number of ether oxygens (including phenoxy) is 1. The molecule has 1 saturated heterocycles. The van der Waals surface area contributed by atoms with Crippen LogP contribution in [0.5, 0.6) is 0 Å². The van der Waals surface area contributed by atoms with Gasteiger partial charge in [0, 0.05) is 30.2 Å². The molecule has 19 heavy (non-hydrogen) atoms. The molecule has 2 aromatic rings. The van der Waals surface area contributed by atoms with Gasteiger partial charge < -0.3 is 19.7 Å². The van der Waals surface area contributed by atoms with E-state index in [4.69, 9.17) is 4.74 Å². The summed E-state index contributed by atoms with van der Waals surface area (Å²) >= 11 is 0. The highest BCUT2D eigenvalue weighted by molar-refractivity contribution is 5.94. The third-order valence-corrected chi connectivity index (χ3v) is 3.97. The third kappa shape index (κ3) is 2.01. The number of H-pyrrole nitrogens is 1. The zero-order valence-electron chi connectivity index (χ0n) is 11.4. The number of aryl methyl sites for hydroxylation is 1. The minimum atomic E-state index is -0.0977. The maximum absolute atomic E-state index is 9.55. The fourth-order valence-electron chi connectivity index (χ4n) is 2.96. The SMILES string of the molecule is Cc1[nH]c2ccccc2c1N(C)CC1(CO)COC1. The molecule has 0 unspecified atom stereocenters. The van der Waals surface area contributed by atoms with Crippen molar-refractivity contribution in [3.05, 3.63) is 30.0 Å². The van der Waals surface area contributed by atoms with E-state index in [1.54, 1.807) is 0 Å². The van der Waals surface area contributed by atoms with Crippen LogP contribution in [0.25, 0.3) is 10.9 Å². The van der Waals surface area contributed by atoms with Gasteiger partial charge in [-0.3, -0.25) is 0 Å². The zero-order chi connectivity index (χ0) is 13.5. The number of anilines is 1. The number of fused-ring (bicyclic) bond motifs is 1. The molecule has 2 N–H and O–H groups in total. The summed E-state index contributed by atoms with van der Waals surface area (Å²) in [5.41, 5.74) is 3.44. The molecule has 1 aromatic heterocycles. The molecule has 0 amide bonds. The Bertz CT molecular complexity index is 581. The molecule has 2 heterocycles. The van der Waals surface area contributed by atoms with Crippen molar-refractivity contribution in [3.63, 3.8) is 0 Å². The van der Waals surface area contributed by atoms with Crippen LogP contribution >= 0.6 is 0 Å². The van der Waals surface area contributed by atoms with Gasteiger partial charge >= 0.3 is 0 Å². The predicted molar refractivity (Wildman–Crippen MR) is 76.6 cm³/mol. The lowest BCUT2D eigenvalue weighted by molar-refractivity contribution is -0.130. The van der Waals surface area contributed by atoms with Crippen molar-refractivity contribution in [3.8, 4) is 0 Å². The molecule has 0 atom stereocenters. The molecule has 0 radical (unpaired) electrons. The lowest BCUT2D eigenvalue weighted by Crippen LogP contribution is -2.52. The smallest absolute Gasteiger partial charge is 0.0651 e. The van der Waals surface area contributed by atoms with Gasteiger partial charge in [-0.05, 0) is 13.0 Å². The van der Waals surface area contributed by atoms with E-state index in [2.05, 4.69) is 42.1 Å². The van der Waals surface area contributed by atoms with Crippen molar-refractivity contribution >= 4 is 16.6 Å². The number of aromatic amines is 1. The summed E-state index contributed by atoms with van der Waals surface area (Å²) in [7, 11) is 2.08. The molecule has 1 fully saturated rings. The lowest BCUT2D eigenvalue weighted by Gasteiger charge is -2.42. The molecule has 0 spiro atoms. The number of aromatic nitrogens is 1. The standard InChI is InChI=1S/C15H20N2O2/c1-11-14(12-5-3-4-6-13(12)16-11)17(2)7-15(8-18)9-19-10-15/h3-6,16,18H,7-10H2,1-2H3. The van der Waals surface area contributed by atoms with Gasteiger partial charge in [-0.1, -0.05) is 18.2 Å². The van der Waals surface area contributed by atoms with Crippen LogP contribution in [0.2, 0.25) is 0 Å². The third-order valence-electron chi connectivity index (χ3n) is 3.97. The molecular weight excluding hydrogens is 240 g/mol. The second kappa shape index (κ2) is 4.54. The molecule has 4 heteroatoms. The molecule has 0 saturated carbocycles. The average molecular weight is 260 g/mol. The maximum atomic E-state index is 9.55. The summed E-state index contributed by atoms with van der Waals surface area (Å²) < 4.78 is 5.27. The Morgan fingerprint density at radius 3 is 2.74 bits per heavy atom. The Morgan fingerprint density at radius 2 is 2.11 bits per heavy atom. The molecule has 4 nitrogen and oxygen atoms in total. The Hall–Kier alpha value is -1.52. The van der Waals surface area contributed by atoms with E-state index in [0.717, 1.165) is 17.8 Å². The number of para-hydroxylation sites is 1. The van der Waals surface area contributed by atoms with Gasteiger partial charge in [0.25, 0.3) is 0 Å². The van der Waals surface area contributed by atoms with Gasteiger partial charge in [0.1, 0.15) is 0 Å². The fraction of sp³-hybridized carbons (Fsp3) is 0.467. The lowest BCUT2D eigenvalue weighted by atomic mass is 9.86. The van der Waals surface area contributed by atoms with Crippen LogP contribution in [0.15, 0.2) is 24.3 Å². The van der Waals surface area contributed by atoms with Crippen molar-refractivity contribution in [2.75, 3.05) is 38.3 Å². The molecule has 0 aliphatic carbocycles. The van der Waals surface area contributed by atoms with E-state index in [-0.39, 0.29) is 12.0 Å². The highest BCUT2D eigenvalue weighted by Gasteiger charge is 2.39. The van der Waals surface area contributed by atoms with E-state index in [1.165, 1.54) is 11.1 Å². The van der Waals surface area contributed by atoms with Crippen LogP contribution in [0.1, 0.15) is 5.69 Å². The molecule has 1 aliphatic rings. The topological polar surface area (TPSA) is 48.5 Å². The van der Waals surface area contributed by atoms with Crippen LogP contribution in [-0.2, 0) is 4.74 Å². The van der Waals surface area contributed by atoms with Crippen LogP contribution in [0, 0.1) is 12.3 Å². The minimum absolute atomic E-state index is 0.0977. The number of aliphatic hydroxyl groups is 1. The average Bonchev–Trinajstić information content (AvgIpc) is 2.69. The van der Waals surface area contributed by atoms with Gasteiger partial charge in [-0.2, -0.15) is 0 Å². The summed E-state index contributed by atoms with van der Waals surface area (Å²) in [4.78, 5) is 5.64. The van der Waals surface area contributed by atoms with Crippen LogP contribution in [0.3, 0.4) is 0 Å². The first-order valence-electron chi connectivity index (χ1n) is 6.62. The second-order valence-corrected chi connectivity index (χ2v) is 5.65. The highest BCUT2D eigenvalue weighted by Crippen LogP contribution is 2.34. The van der Waals surface area contributed by atoms with E-state index >= 15 is 0 Å². The second-order valence-electron chi connectivity index (χ2n) is 5.65. The largest absolute Gasteiger partial charge is 0.396 e. The van der Waals surface area contributed by atoms with Crippen LogP contribution < -0.4 is 4.90 Å². The molecule has 0 bridgehead atoms. The monoisotopic (exact) mass is 260 g/mol.